The lowest BCUT2D eigenvalue weighted by molar-refractivity contribution is -0.145. The van der Waals surface area contributed by atoms with Gasteiger partial charge in [0.1, 0.15) is 0 Å². The summed E-state index contributed by atoms with van der Waals surface area (Å²) in [6, 6.07) is 0. The highest BCUT2D eigenvalue weighted by Crippen LogP contribution is 2.17. The van der Waals surface area contributed by atoms with Crippen molar-refractivity contribution in [3.63, 3.8) is 0 Å². The number of carbonyl (C=O) groups excluding carboxylic acids is 1. The third kappa shape index (κ3) is 4.87. The highest BCUT2D eigenvalue weighted by Gasteiger charge is 2.26. The zero-order valence-electron chi connectivity index (χ0n) is 9.62. The van der Waals surface area contributed by atoms with Gasteiger partial charge in [0.25, 0.3) is 0 Å². The van der Waals surface area contributed by atoms with Gasteiger partial charge in [-0.2, -0.15) is 0 Å². The molecule has 2 N–H and O–H groups in total. The van der Waals surface area contributed by atoms with E-state index in [1.807, 2.05) is 0 Å². The molecule has 0 radical (unpaired) electrons. The van der Waals surface area contributed by atoms with Crippen LogP contribution < -0.4 is 5.32 Å². The number of amides is 1. The molecule has 1 fully saturated rings. The first kappa shape index (κ1) is 14.2. The van der Waals surface area contributed by atoms with Crippen LogP contribution in [0.3, 0.4) is 0 Å². The Morgan fingerprint density at radius 1 is 1.35 bits per heavy atom. The Morgan fingerprint density at radius 3 is 2.41 bits per heavy atom. The second-order valence-corrected chi connectivity index (χ2v) is 5.24. The SMILES string of the molecule is C=C(Br)CNCC(=O)N1CCC(C(=O)O)CC1. The number of carboxylic acid groups (broad SMARTS) is 1. The number of nitrogens with one attached hydrogen (secondary N) is 1. The van der Waals surface area contributed by atoms with Crippen molar-refractivity contribution < 1.29 is 14.7 Å². The van der Waals surface area contributed by atoms with E-state index in [4.69, 9.17) is 5.11 Å². The van der Waals surface area contributed by atoms with Crippen LogP contribution in [0, 0.1) is 5.92 Å². The fraction of sp³-hybridized carbons (Fsp3) is 0.636. The number of rotatable bonds is 5. The Bertz CT molecular complexity index is 312. The van der Waals surface area contributed by atoms with E-state index in [0.29, 0.717) is 32.5 Å². The quantitative estimate of drug-likeness (QED) is 0.788. The van der Waals surface area contributed by atoms with E-state index in [-0.39, 0.29) is 18.4 Å². The van der Waals surface area contributed by atoms with Crippen LogP contribution in [0.2, 0.25) is 0 Å². The highest BCUT2D eigenvalue weighted by atomic mass is 79.9. The Hall–Kier alpha value is -0.880. The van der Waals surface area contributed by atoms with Crippen molar-refractivity contribution >= 4 is 27.8 Å². The molecular weight excluding hydrogens is 288 g/mol. The third-order valence-electron chi connectivity index (χ3n) is 2.79. The lowest BCUT2D eigenvalue weighted by atomic mass is 9.97. The summed E-state index contributed by atoms with van der Waals surface area (Å²) in [7, 11) is 0. The number of piperidine rings is 1. The fourth-order valence-corrected chi connectivity index (χ4v) is 1.99. The predicted octanol–water partition coefficient (Wildman–Crippen LogP) is 0.808. The molecule has 6 heteroatoms. The van der Waals surface area contributed by atoms with Crippen LogP contribution in [-0.2, 0) is 9.59 Å². The van der Waals surface area contributed by atoms with E-state index in [0.717, 1.165) is 4.48 Å². The molecule has 0 aromatic carbocycles. The summed E-state index contributed by atoms with van der Waals surface area (Å²) in [6.07, 6.45) is 1.10. The molecule has 1 heterocycles. The smallest absolute Gasteiger partial charge is 0.306 e. The minimum absolute atomic E-state index is 0.0163. The molecular formula is C11H17BrN2O3. The van der Waals surface area contributed by atoms with Gasteiger partial charge in [-0.1, -0.05) is 22.5 Å². The molecule has 0 spiro atoms. The maximum Gasteiger partial charge on any atom is 0.306 e. The molecule has 0 aromatic heterocycles. The average Bonchev–Trinajstić information content (AvgIpc) is 2.28. The summed E-state index contributed by atoms with van der Waals surface area (Å²) in [5.74, 6) is -1.04. The Kier molecular flexibility index (Phi) is 5.64. The number of hydrogen-bond acceptors (Lipinski definition) is 3. The lowest BCUT2D eigenvalue weighted by Gasteiger charge is -2.30. The topological polar surface area (TPSA) is 69.6 Å². The maximum atomic E-state index is 11.7. The van der Waals surface area contributed by atoms with Crippen molar-refractivity contribution in [2.24, 2.45) is 5.92 Å². The Labute approximate surface area is 109 Å². The van der Waals surface area contributed by atoms with E-state index in [1.54, 1.807) is 4.90 Å². The number of carboxylic acids is 1. The molecule has 0 bridgehead atoms. The largest absolute Gasteiger partial charge is 0.481 e. The van der Waals surface area contributed by atoms with Crippen LogP contribution in [0.15, 0.2) is 11.1 Å². The van der Waals surface area contributed by atoms with Gasteiger partial charge in [-0.15, -0.1) is 0 Å². The molecule has 1 amide bonds. The van der Waals surface area contributed by atoms with Crippen LogP contribution in [0.5, 0.6) is 0 Å². The minimum atomic E-state index is -0.759. The van der Waals surface area contributed by atoms with Gasteiger partial charge in [0.05, 0.1) is 12.5 Å². The normalized spacial score (nSPS) is 16.9. The van der Waals surface area contributed by atoms with Crippen LogP contribution in [0.25, 0.3) is 0 Å². The summed E-state index contributed by atoms with van der Waals surface area (Å²) in [5.41, 5.74) is 0. The first-order valence-corrected chi connectivity index (χ1v) is 6.34. The van der Waals surface area contributed by atoms with Crippen molar-refractivity contribution in [1.82, 2.24) is 10.2 Å². The predicted molar refractivity (Wildman–Crippen MR) is 67.9 cm³/mol. The van der Waals surface area contributed by atoms with E-state index in [9.17, 15) is 9.59 Å². The number of aliphatic carboxylic acids is 1. The molecule has 96 valence electrons. The Balaban J connectivity index is 2.26. The monoisotopic (exact) mass is 304 g/mol. The molecule has 1 aliphatic heterocycles. The van der Waals surface area contributed by atoms with Crippen LogP contribution in [0.1, 0.15) is 12.8 Å². The molecule has 0 atom stereocenters. The number of likely N-dealkylation sites (tertiary alicyclic amines) is 1. The molecule has 0 aromatic rings. The van der Waals surface area contributed by atoms with Gasteiger partial charge < -0.3 is 15.3 Å². The molecule has 1 saturated heterocycles. The molecule has 0 unspecified atom stereocenters. The van der Waals surface area contributed by atoms with E-state index >= 15 is 0 Å². The lowest BCUT2D eigenvalue weighted by Crippen LogP contribution is -2.44. The fourth-order valence-electron chi connectivity index (χ4n) is 1.79. The zero-order valence-corrected chi connectivity index (χ0v) is 11.2. The number of carbonyl (C=O) groups is 2. The van der Waals surface area contributed by atoms with Crippen molar-refractivity contribution in [2.75, 3.05) is 26.2 Å². The summed E-state index contributed by atoms with van der Waals surface area (Å²) in [6.45, 7) is 5.55. The van der Waals surface area contributed by atoms with Crippen LogP contribution in [0.4, 0.5) is 0 Å². The molecule has 0 saturated carbocycles. The summed E-state index contributed by atoms with van der Waals surface area (Å²) < 4.78 is 0.801. The van der Waals surface area contributed by atoms with E-state index in [1.165, 1.54) is 0 Å². The van der Waals surface area contributed by atoms with Crippen molar-refractivity contribution in [3.8, 4) is 0 Å². The second kappa shape index (κ2) is 6.76. The van der Waals surface area contributed by atoms with E-state index < -0.39 is 5.97 Å². The van der Waals surface area contributed by atoms with Crippen molar-refractivity contribution in [3.05, 3.63) is 11.1 Å². The standard InChI is InChI=1S/C11H17BrN2O3/c1-8(12)6-13-7-10(15)14-4-2-9(3-5-14)11(16)17/h9,13H,1-7H2,(H,16,17). The summed E-state index contributed by atoms with van der Waals surface area (Å²) in [4.78, 5) is 24.2. The van der Waals surface area contributed by atoms with Gasteiger partial charge in [-0.25, -0.2) is 0 Å². The first-order chi connectivity index (χ1) is 8.00. The summed E-state index contributed by atoms with van der Waals surface area (Å²) in [5, 5.41) is 11.8. The van der Waals surface area contributed by atoms with Gasteiger partial charge in [0, 0.05) is 24.1 Å². The highest BCUT2D eigenvalue weighted by molar-refractivity contribution is 9.11. The molecule has 5 nitrogen and oxygen atoms in total. The van der Waals surface area contributed by atoms with Gasteiger partial charge in [0.2, 0.25) is 5.91 Å². The van der Waals surface area contributed by atoms with Crippen molar-refractivity contribution in [2.45, 2.75) is 12.8 Å². The summed E-state index contributed by atoms with van der Waals surface area (Å²) >= 11 is 3.20. The van der Waals surface area contributed by atoms with Crippen LogP contribution in [-0.4, -0.2) is 48.1 Å². The molecule has 17 heavy (non-hydrogen) atoms. The maximum absolute atomic E-state index is 11.7. The molecule has 1 rings (SSSR count). The van der Waals surface area contributed by atoms with Crippen LogP contribution >= 0.6 is 15.9 Å². The zero-order chi connectivity index (χ0) is 12.8. The minimum Gasteiger partial charge on any atom is -0.481 e. The second-order valence-electron chi connectivity index (χ2n) is 4.11. The molecule has 1 aliphatic rings. The first-order valence-electron chi connectivity index (χ1n) is 5.55. The van der Waals surface area contributed by atoms with Gasteiger partial charge in [-0.05, 0) is 12.8 Å². The number of hydrogen-bond donors (Lipinski definition) is 2. The number of nitrogens with zero attached hydrogens (tertiary/aromatic N) is 1. The van der Waals surface area contributed by atoms with Crippen molar-refractivity contribution in [1.29, 1.82) is 0 Å². The van der Waals surface area contributed by atoms with E-state index in [2.05, 4.69) is 27.8 Å². The molecule has 0 aliphatic carbocycles. The number of halogens is 1. The average molecular weight is 305 g/mol. The Morgan fingerprint density at radius 2 is 1.94 bits per heavy atom. The van der Waals surface area contributed by atoms with Gasteiger partial charge in [-0.3, -0.25) is 9.59 Å². The third-order valence-corrected chi connectivity index (χ3v) is 3.07. The van der Waals surface area contributed by atoms with Gasteiger partial charge >= 0.3 is 5.97 Å². The van der Waals surface area contributed by atoms with Gasteiger partial charge in [0.15, 0.2) is 0 Å².